The first-order valence-electron chi connectivity index (χ1n) is 10.6. The van der Waals surface area contributed by atoms with Crippen LogP contribution in [0.4, 0.5) is 33.7 Å². The van der Waals surface area contributed by atoms with Crippen molar-refractivity contribution in [3.05, 3.63) is 95.3 Å². The second kappa shape index (κ2) is 9.57. The molecule has 180 valence electrons. The third-order valence-corrected chi connectivity index (χ3v) is 5.33. The average molecular weight is 484 g/mol. The summed E-state index contributed by atoms with van der Waals surface area (Å²) in [4.78, 5) is 31.5. The highest BCUT2D eigenvalue weighted by molar-refractivity contribution is 6.20. The number of carbonyl (C=O) groups is 2. The molecule has 1 unspecified atom stereocenters. The van der Waals surface area contributed by atoms with Gasteiger partial charge in [-0.15, -0.1) is 0 Å². The highest BCUT2D eigenvalue weighted by Crippen LogP contribution is 2.28. The molecule has 3 aromatic carbocycles. The first kappa shape index (κ1) is 23.9. The zero-order valence-corrected chi connectivity index (χ0v) is 18.4. The maximum Gasteiger partial charge on any atom is 0.393 e. The number of halogens is 4. The largest absolute Gasteiger partial charge is 0.393 e. The standard InChI is InChI=1S/C25H20F4N4O2/c1-33-20-12-5-3-10-18(20)21(17-9-2-4-11-19(17)26)31-22(23(33)34)32-24(35)30-16-8-6-7-15(13-16)14-25(27,28)29/h2-13,22H,14H2,1H3,(H2,30,32,35). The Morgan fingerprint density at radius 2 is 1.69 bits per heavy atom. The number of hydrogen-bond donors (Lipinski definition) is 2. The van der Waals surface area contributed by atoms with Crippen molar-refractivity contribution in [1.29, 1.82) is 0 Å². The zero-order chi connectivity index (χ0) is 25.2. The number of hydrogen-bond acceptors (Lipinski definition) is 3. The van der Waals surface area contributed by atoms with E-state index >= 15 is 0 Å². The summed E-state index contributed by atoms with van der Waals surface area (Å²) in [5.41, 5.74) is 1.38. The van der Waals surface area contributed by atoms with Gasteiger partial charge in [0.05, 0.1) is 17.8 Å². The monoisotopic (exact) mass is 484 g/mol. The van der Waals surface area contributed by atoms with Crippen molar-refractivity contribution in [2.75, 3.05) is 17.3 Å². The number of benzene rings is 3. The first-order chi connectivity index (χ1) is 16.6. The summed E-state index contributed by atoms with van der Waals surface area (Å²) < 4.78 is 52.8. The number of nitrogens with zero attached hydrogens (tertiary/aromatic N) is 2. The van der Waals surface area contributed by atoms with Gasteiger partial charge in [0.1, 0.15) is 5.82 Å². The second-order valence-electron chi connectivity index (χ2n) is 7.87. The van der Waals surface area contributed by atoms with E-state index in [9.17, 15) is 27.2 Å². The lowest BCUT2D eigenvalue weighted by Crippen LogP contribution is -2.47. The van der Waals surface area contributed by atoms with Crippen LogP contribution in [0.25, 0.3) is 0 Å². The number of alkyl halides is 3. The van der Waals surface area contributed by atoms with Gasteiger partial charge in [0, 0.05) is 23.9 Å². The van der Waals surface area contributed by atoms with Crippen LogP contribution < -0.4 is 15.5 Å². The van der Waals surface area contributed by atoms with Crippen LogP contribution in [0, 0.1) is 5.82 Å². The fraction of sp³-hybridized carbons (Fsp3) is 0.160. The Morgan fingerprint density at radius 1 is 1.00 bits per heavy atom. The van der Waals surface area contributed by atoms with Crippen LogP contribution in [0.1, 0.15) is 16.7 Å². The fourth-order valence-electron chi connectivity index (χ4n) is 3.77. The number of likely N-dealkylation sites (N-methyl/N-ethyl adjacent to an activating group) is 1. The minimum absolute atomic E-state index is 0.0316. The number of anilines is 2. The van der Waals surface area contributed by atoms with Crippen molar-refractivity contribution in [2.45, 2.75) is 18.8 Å². The van der Waals surface area contributed by atoms with Gasteiger partial charge in [-0.1, -0.05) is 42.5 Å². The molecule has 1 aliphatic rings. The van der Waals surface area contributed by atoms with Crippen LogP contribution in [-0.4, -0.2) is 37.0 Å². The van der Waals surface area contributed by atoms with Gasteiger partial charge in [-0.2, -0.15) is 13.2 Å². The van der Waals surface area contributed by atoms with E-state index in [2.05, 4.69) is 15.6 Å². The van der Waals surface area contributed by atoms with Crippen molar-refractivity contribution in [2.24, 2.45) is 4.99 Å². The van der Waals surface area contributed by atoms with Gasteiger partial charge in [-0.25, -0.2) is 14.2 Å². The van der Waals surface area contributed by atoms with E-state index in [1.54, 1.807) is 30.3 Å². The number of rotatable bonds is 4. The van der Waals surface area contributed by atoms with Gasteiger partial charge in [-0.05, 0) is 35.9 Å². The number of nitrogens with one attached hydrogen (secondary N) is 2. The highest BCUT2D eigenvalue weighted by Gasteiger charge is 2.32. The zero-order valence-electron chi connectivity index (χ0n) is 18.4. The van der Waals surface area contributed by atoms with E-state index in [1.165, 1.54) is 54.4 Å². The third-order valence-electron chi connectivity index (χ3n) is 5.33. The maximum absolute atomic E-state index is 14.7. The van der Waals surface area contributed by atoms with E-state index in [1.807, 2.05) is 0 Å². The second-order valence-corrected chi connectivity index (χ2v) is 7.87. The van der Waals surface area contributed by atoms with Crippen LogP contribution in [0.5, 0.6) is 0 Å². The molecule has 3 amide bonds. The Morgan fingerprint density at radius 3 is 2.40 bits per heavy atom. The molecule has 0 fully saturated rings. The van der Waals surface area contributed by atoms with Crippen molar-refractivity contribution < 1.29 is 27.2 Å². The summed E-state index contributed by atoms with van der Waals surface area (Å²) in [6, 6.07) is 17.2. The first-order valence-corrected chi connectivity index (χ1v) is 10.6. The maximum atomic E-state index is 14.7. The number of aliphatic imine (C=N–C) groups is 1. The smallest absolute Gasteiger partial charge is 0.311 e. The summed E-state index contributed by atoms with van der Waals surface area (Å²) >= 11 is 0. The van der Waals surface area contributed by atoms with Gasteiger partial charge >= 0.3 is 12.2 Å². The number of urea groups is 1. The Kier molecular flexibility index (Phi) is 6.54. The summed E-state index contributed by atoms with van der Waals surface area (Å²) in [5.74, 6) is -1.13. The van der Waals surface area contributed by atoms with Gasteiger partial charge < -0.3 is 15.5 Å². The molecule has 1 aliphatic heterocycles. The molecule has 1 atom stereocenters. The van der Waals surface area contributed by atoms with E-state index in [-0.39, 0.29) is 22.5 Å². The predicted molar refractivity (Wildman–Crippen MR) is 124 cm³/mol. The lowest BCUT2D eigenvalue weighted by Gasteiger charge is -2.21. The predicted octanol–water partition coefficient (Wildman–Crippen LogP) is 4.89. The molecule has 0 aromatic heterocycles. The Hall–Kier alpha value is -4.21. The fourth-order valence-corrected chi connectivity index (χ4v) is 3.77. The number of carbonyl (C=O) groups excluding carboxylic acids is 2. The molecule has 3 aromatic rings. The number of fused-ring (bicyclic) bond motifs is 1. The molecule has 0 bridgehead atoms. The van der Waals surface area contributed by atoms with Crippen molar-refractivity contribution >= 4 is 29.0 Å². The third kappa shape index (κ3) is 5.48. The molecule has 6 nitrogen and oxygen atoms in total. The van der Waals surface area contributed by atoms with Gasteiger partial charge in [-0.3, -0.25) is 4.79 Å². The normalized spacial score (nSPS) is 15.7. The molecular weight excluding hydrogens is 464 g/mol. The summed E-state index contributed by atoms with van der Waals surface area (Å²) in [6.07, 6.45) is -6.96. The molecule has 1 heterocycles. The van der Waals surface area contributed by atoms with Crippen LogP contribution in [-0.2, 0) is 11.2 Å². The molecule has 0 aliphatic carbocycles. The van der Waals surface area contributed by atoms with Gasteiger partial charge in [0.15, 0.2) is 0 Å². The summed E-state index contributed by atoms with van der Waals surface area (Å²) in [7, 11) is 1.51. The Balaban J connectivity index is 1.64. The molecule has 35 heavy (non-hydrogen) atoms. The highest BCUT2D eigenvalue weighted by atomic mass is 19.4. The van der Waals surface area contributed by atoms with Crippen LogP contribution >= 0.6 is 0 Å². The van der Waals surface area contributed by atoms with Gasteiger partial charge in [0.25, 0.3) is 5.91 Å². The number of amides is 3. The average Bonchev–Trinajstić information content (AvgIpc) is 2.89. The Bertz CT molecular complexity index is 1310. The van der Waals surface area contributed by atoms with Crippen LogP contribution in [0.3, 0.4) is 0 Å². The molecule has 2 N–H and O–H groups in total. The molecule has 0 radical (unpaired) electrons. The SMILES string of the molecule is CN1C(=O)C(NC(=O)Nc2cccc(CC(F)(F)F)c2)N=C(c2ccccc2F)c2ccccc21. The minimum atomic E-state index is -4.40. The number of para-hydroxylation sites is 1. The quantitative estimate of drug-likeness (QED) is 0.518. The molecule has 0 saturated carbocycles. The lowest BCUT2D eigenvalue weighted by atomic mass is 10.00. The van der Waals surface area contributed by atoms with Crippen LogP contribution in [0.2, 0.25) is 0 Å². The van der Waals surface area contributed by atoms with Crippen molar-refractivity contribution in [1.82, 2.24) is 5.32 Å². The lowest BCUT2D eigenvalue weighted by molar-refractivity contribution is -0.127. The van der Waals surface area contributed by atoms with Crippen molar-refractivity contribution in [3.8, 4) is 0 Å². The van der Waals surface area contributed by atoms with Gasteiger partial charge in [0.2, 0.25) is 6.17 Å². The molecule has 10 heteroatoms. The van der Waals surface area contributed by atoms with Crippen LogP contribution in [0.15, 0.2) is 77.8 Å². The van der Waals surface area contributed by atoms with Crippen molar-refractivity contribution in [3.63, 3.8) is 0 Å². The molecule has 0 spiro atoms. The molecule has 4 rings (SSSR count). The molecular formula is C25H20F4N4O2. The van der Waals surface area contributed by atoms with E-state index < -0.39 is 36.5 Å². The van der Waals surface area contributed by atoms with E-state index in [4.69, 9.17) is 0 Å². The van der Waals surface area contributed by atoms with E-state index in [0.717, 1.165) is 0 Å². The summed E-state index contributed by atoms with van der Waals surface area (Å²) in [5, 5.41) is 4.86. The topological polar surface area (TPSA) is 73.8 Å². The number of benzodiazepines with no additional fused rings is 1. The summed E-state index contributed by atoms with van der Waals surface area (Å²) in [6.45, 7) is 0. The Labute approximate surface area is 198 Å². The molecule has 0 saturated heterocycles. The minimum Gasteiger partial charge on any atom is -0.311 e. The van der Waals surface area contributed by atoms with E-state index in [0.29, 0.717) is 11.3 Å².